The number of aromatic amines is 1. The number of likely N-dealkylation sites (tertiary alicyclic amines) is 1. The molecule has 3 atom stereocenters. The molecule has 0 amide bonds. The Morgan fingerprint density at radius 1 is 1.11 bits per heavy atom. The average Bonchev–Trinajstić information content (AvgIpc) is 3.21. The summed E-state index contributed by atoms with van der Waals surface area (Å²) in [4.78, 5) is 7.40. The third-order valence-corrected chi connectivity index (χ3v) is 7.80. The summed E-state index contributed by atoms with van der Waals surface area (Å²) in [6.45, 7) is 2.07. The van der Waals surface area contributed by atoms with Gasteiger partial charge in [0.05, 0.1) is 25.4 Å². The van der Waals surface area contributed by atoms with Crippen LogP contribution < -0.4 is 0 Å². The van der Waals surface area contributed by atoms with Crippen molar-refractivity contribution in [3.8, 4) is 0 Å². The van der Waals surface area contributed by atoms with Gasteiger partial charge in [0, 0.05) is 48.2 Å². The number of hydrogen-bond donors (Lipinski definition) is 3. The number of alkyl halides is 3. The van der Waals surface area contributed by atoms with Gasteiger partial charge in [0.1, 0.15) is 6.61 Å². The standard InChI is InChI=1S/C28H34F3N3O2/c1-18-13-23-22-5-2-3-6-24(22)32-25(23)26(34(18)16-28(30,31)17-35)19-7-9-20(10-8-19)27(36)21-14-33(15-21)12-4-11-29/h2-3,5-10,18,21,26-27,32,35-36H,4,11-17H2,1H3/t18-,26-,27-/m1/s1. The quantitative estimate of drug-likeness (QED) is 0.405. The highest BCUT2D eigenvalue weighted by Gasteiger charge is 2.41. The first-order valence-corrected chi connectivity index (χ1v) is 12.7. The van der Waals surface area contributed by atoms with Crippen LogP contribution >= 0.6 is 0 Å². The van der Waals surface area contributed by atoms with Gasteiger partial charge in [0.25, 0.3) is 5.92 Å². The zero-order valence-corrected chi connectivity index (χ0v) is 20.5. The van der Waals surface area contributed by atoms with Gasteiger partial charge in [-0.25, -0.2) is 8.78 Å². The van der Waals surface area contributed by atoms with Crippen molar-refractivity contribution in [2.24, 2.45) is 5.92 Å². The number of aliphatic hydroxyl groups is 2. The third kappa shape index (κ3) is 4.79. The number of para-hydroxylation sites is 1. The molecule has 0 saturated carbocycles. The number of aromatic nitrogens is 1. The number of nitrogens with one attached hydrogen (secondary N) is 1. The van der Waals surface area contributed by atoms with Crippen molar-refractivity contribution in [1.82, 2.24) is 14.8 Å². The lowest BCUT2D eigenvalue weighted by atomic mass is 9.86. The number of halogens is 3. The van der Waals surface area contributed by atoms with Gasteiger partial charge in [-0.2, -0.15) is 0 Å². The Balaban J connectivity index is 1.44. The monoisotopic (exact) mass is 501 g/mol. The summed E-state index contributed by atoms with van der Waals surface area (Å²) in [5.74, 6) is -3.12. The largest absolute Gasteiger partial charge is 0.390 e. The van der Waals surface area contributed by atoms with Crippen LogP contribution in [0.4, 0.5) is 13.2 Å². The van der Waals surface area contributed by atoms with E-state index in [0.717, 1.165) is 46.4 Å². The number of benzene rings is 2. The van der Waals surface area contributed by atoms with Crippen LogP contribution in [0.5, 0.6) is 0 Å². The Morgan fingerprint density at radius 2 is 1.83 bits per heavy atom. The second-order valence-corrected chi connectivity index (χ2v) is 10.4. The van der Waals surface area contributed by atoms with E-state index in [1.54, 1.807) is 4.90 Å². The molecule has 1 aromatic heterocycles. The molecule has 1 fully saturated rings. The molecule has 0 unspecified atom stereocenters. The van der Waals surface area contributed by atoms with Crippen molar-refractivity contribution in [2.75, 3.05) is 39.5 Å². The lowest BCUT2D eigenvalue weighted by Gasteiger charge is -2.43. The van der Waals surface area contributed by atoms with Crippen molar-refractivity contribution in [3.63, 3.8) is 0 Å². The van der Waals surface area contributed by atoms with Gasteiger partial charge in [-0.1, -0.05) is 42.5 Å². The van der Waals surface area contributed by atoms with Crippen molar-refractivity contribution in [3.05, 3.63) is 70.9 Å². The lowest BCUT2D eigenvalue weighted by molar-refractivity contribution is -0.0864. The smallest absolute Gasteiger partial charge is 0.283 e. The second kappa shape index (κ2) is 10.2. The average molecular weight is 502 g/mol. The van der Waals surface area contributed by atoms with Gasteiger partial charge in [-0.05, 0) is 42.5 Å². The Kier molecular flexibility index (Phi) is 7.14. The molecule has 3 heterocycles. The lowest BCUT2D eigenvalue weighted by Crippen LogP contribution is -2.49. The van der Waals surface area contributed by atoms with Crippen LogP contribution in [0.15, 0.2) is 48.5 Å². The van der Waals surface area contributed by atoms with E-state index in [1.165, 1.54) is 0 Å². The molecule has 0 bridgehead atoms. The van der Waals surface area contributed by atoms with E-state index >= 15 is 0 Å². The summed E-state index contributed by atoms with van der Waals surface area (Å²) < 4.78 is 41.3. The molecule has 194 valence electrons. The molecular formula is C28H34F3N3O2. The molecular weight excluding hydrogens is 467 g/mol. The number of nitrogens with zero attached hydrogens (tertiary/aromatic N) is 2. The van der Waals surface area contributed by atoms with E-state index in [2.05, 4.69) is 16.0 Å². The Labute approximate surface area is 209 Å². The van der Waals surface area contributed by atoms with Gasteiger partial charge >= 0.3 is 0 Å². The fraction of sp³-hybridized carbons (Fsp3) is 0.500. The van der Waals surface area contributed by atoms with Gasteiger partial charge in [0.15, 0.2) is 0 Å². The van der Waals surface area contributed by atoms with Crippen LogP contribution in [0, 0.1) is 5.92 Å². The molecule has 8 heteroatoms. The highest BCUT2D eigenvalue weighted by atomic mass is 19.3. The minimum absolute atomic E-state index is 0.102. The molecule has 5 nitrogen and oxygen atoms in total. The summed E-state index contributed by atoms with van der Waals surface area (Å²) >= 11 is 0. The molecule has 0 aliphatic carbocycles. The number of fused-ring (bicyclic) bond motifs is 3. The predicted octanol–water partition coefficient (Wildman–Crippen LogP) is 4.46. The number of rotatable bonds is 9. The molecule has 2 aliphatic heterocycles. The van der Waals surface area contributed by atoms with Gasteiger partial charge < -0.3 is 20.1 Å². The van der Waals surface area contributed by atoms with E-state index in [-0.39, 0.29) is 18.6 Å². The molecule has 5 rings (SSSR count). The molecule has 2 aromatic carbocycles. The zero-order valence-electron chi connectivity index (χ0n) is 20.5. The normalized spacial score (nSPS) is 22.5. The minimum atomic E-state index is -3.22. The zero-order chi connectivity index (χ0) is 25.4. The third-order valence-electron chi connectivity index (χ3n) is 7.80. The fourth-order valence-corrected chi connectivity index (χ4v) is 5.85. The topological polar surface area (TPSA) is 62.7 Å². The summed E-state index contributed by atoms with van der Waals surface area (Å²) in [7, 11) is 0. The summed E-state index contributed by atoms with van der Waals surface area (Å²) in [6, 6.07) is 15.0. The SMILES string of the molecule is C[C@@H]1Cc2c([nH]c3ccccc23)[C@@H](c2ccc([C@@H](O)C3CN(CCCF)C3)cc2)N1CC(F)(F)CO. The first-order valence-electron chi connectivity index (χ1n) is 12.7. The summed E-state index contributed by atoms with van der Waals surface area (Å²) in [5.41, 5.74) is 4.67. The van der Waals surface area contributed by atoms with E-state index in [9.17, 15) is 23.4 Å². The van der Waals surface area contributed by atoms with Crippen LogP contribution in [0.1, 0.15) is 47.9 Å². The van der Waals surface area contributed by atoms with Crippen molar-refractivity contribution >= 4 is 10.9 Å². The highest BCUT2D eigenvalue weighted by Crippen LogP contribution is 2.42. The number of aliphatic hydroxyl groups excluding tert-OH is 2. The Hall–Kier alpha value is -2.39. The molecule has 3 N–H and O–H groups in total. The Bertz CT molecular complexity index is 1180. The van der Waals surface area contributed by atoms with Crippen molar-refractivity contribution in [1.29, 1.82) is 0 Å². The second-order valence-electron chi connectivity index (χ2n) is 10.4. The van der Waals surface area contributed by atoms with E-state index in [4.69, 9.17) is 0 Å². The van der Waals surface area contributed by atoms with Crippen molar-refractivity contribution < 1.29 is 23.4 Å². The van der Waals surface area contributed by atoms with Gasteiger partial charge in [-0.15, -0.1) is 0 Å². The Morgan fingerprint density at radius 3 is 2.53 bits per heavy atom. The first kappa shape index (κ1) is 25.3. The van der Waals surface area contributed by atoms with Crippen LogP contribution in [0.25, 0.3) is 10.9 Å². The van der Waals surface area contributed by atoms with Gasteiger partial charge in [-0.3, -0.25) is 9.29 Å². The minimum Gasteiger partial charge on any atom is -0.390 e. The van der Waals surface area contributed by atoms with Crippen LogP contribution in [-0.4, -0.2) is 76.4 Å². The molecule has 0 spiro atoms. The maximum Gasteiger partial charge on any atom is 0.283 e. The van der Waals surface area contributed by atoms with E-state index < -0.39 is 31.2 Å². The van der Waals surface area contributed by atoms with Crippen molar-refractivity contribution in [2.45, 2.75) is 43.9 Å². The van der Waals surface area contributed by atoms with E-state index in [0.29, 0.717) is 19.4 Å². The summed E-state index contributed by atoms with van der Waals surface area (Å²) in [6.07, 6.45) is 0.526. The van der Waals surface area contributed by atoms with E-state index in [1.807, 2.05) is 49.4 Å². The van der Waals surface area contributed by atoms with Crippen LogP contribution in [0.2, 0.25) is 0 Å². The molecule has 2 aliphatic rings. The van der Waals surface area contributed by atoms with Crippen LogP contribution in [-0.2, 0) is 6.42 Å². The highest BCUT2D eigenvalue weighted by molar-refractivity contribution is 5.85. The molecule has 0 radical (unpaired) electrons. The maximum atomic E-state index is 14.4. The maximum absolute atomic E-state index is 14.4. The first-order chi connectivity index (χ1) is 17.3. The predicted molar refractivity (Wildman–Crippen MR) is 134 cm³/mol. The number of hydrogen-bond acceptors (Lipinski definition) is 4. The molecule has 36 heavy (non-hydrogen) atoms. The number of H-pyrrole nitrogens is 1. The molecule has 1 saturated heterocycles. The summed E-state index contributed by atoms with van der Waals surface area (Å²) in [5, 5.41) is 21.3. The fourth-order valence-electron chi connectivity index (χ4n) is 5.85. The van der Waals surface area contributed by atoms with Gasteiger partial charge in [0.2, 0.25) is 0 Å². The van der Waals surface area contributed by atoms with Crippen LogP contribution in [0.3, 0.4) is 0 Å². The molecule has 3 aromatic rings.